The molecule has 88 valence electrons. The Hall–Kier alpha value is -1.41. The van der Waals surface area contributed by atoms with E-state index in [0.29, 0.717) is 11.1 Å². The van der Waals surface area contributed by atoms with E-state index in [2.05, 4.69) is 0 Å². The van der Waals surface area contributed by atoms with Gasteiger partial charge in [-0.15, -0.1) is 0 Å². The molecule has 0 atom stereocenters. The lowest BCUT2D eigenvalue weighted by atomic mass is 9.91. The van der Waals surface area contributed by atoms with Crippen molar-refractivity contribution in [1.82, 2.24) is 0 Å². The smallest absolute Gasteiger partial charge is 0.187 e. The molecule has 0 saturated heterocycles. The number of halogens is 3. The highest BCUT2D eigenvalue weighted by Crippen LogP contribution is 2.41. The first kappa shape index (κ1) is 12.1. The average Bonchev–Trinajstić information content (AvgIpc) is 2.30. The first-order chi connectivity index (χ1) is 8.09. The molecule has 2 aromatic carbocycles. The van der Waals surface area contributed by atoms with Crippen LogP contribution in [0, 0.1) is 0 Å². The third-order valence-electron chi connectivity index (χ3n) is 2.59. The molecule has 0 heterocycles. The van der Waals surface area contributed by atoms with Crippen molar-refractivity contribution in [2.75, 3.05) is 0 Å². The van der Waals surface area contributed by atoms with Gasteiger partial charge >= 0.3 is 5.38 Å². The maximum atomic E-state index is 13.5. The van der Waals surface area contributed by atoms with Gasteiger partial charge in [0, 0.05) is 0 Å². The number of hydrogen-bond acceptors (Lipinski definition) is 0. The number of alkyl halides is 3. The van der Waals surface area contributed by atoms with Crippen LogP contribution in [0.25, 0.3) is 0 Å². The Labute approximate surface area is 104 Å². The van der Waals surface area contributed by atoms with E-state index in [1.54, 1.807) is 60.7 Å². The van der Waals surface area contributed by atoms with E-state index < -0.39 is 11.3 Å². The summed E-state index contributed by atoms with van der Waals surface area (Å²) in [4.78, 5) is 0. The zero-order chi connectivity index (χ0) is 12.3. The lowest BCUT2D eigenvalue weighted by molar-refractivity contribution is 0.0774. The molecule has 0 aliphatic carbocycles. The lowest BCUT2D eigenvalue weighted by Crippen LogP contribution is -2.20. The fraction of sp³-hybridized carbons (Fsp3) is 0.143. The summed E-state index contributed by atoms with van der Waals surface area (Å²) in [6, 6.07) is 17.1. The summed E-state index contributed by atoms with van der Waals surface area (Å²) in [6.07, 6.45) is 0. The van der Waals surface area contributed by atoms with Crippen LogP contribution in [0.15, 0.2) is 60.7 Å². The van der Waals surface area contributed by atoms with Gasteiger partial charge in [0.1, 0.15) is 0 Å². The van der Waals surface area contributed by atoms with Crippen molar-refractivity contribution in [1.29, 1.82) is 0 Å². The summed E-state index contributed by atoms with van der Waals surface area (Å²) in [7, 11) is 0. The topological polar surface area (TPSA) is 0 Å². The van der Waals surface area contributed by atoms with Crippen LogP contribution in [0.3, 0.4) is 0 Å². The van der Waals surface area contributed by atoms with Crippen molar-refractivity contribution in [3.63, 3.8) is 0 Å². The normalized spacial score (nSPS) is 11.8. The fourth-order valence-electron chi connectivity index (χ4n) is 1.86. The van der Waals surface area contributed by atoms with E-state index in [9.17, 15) is 8.78 Å². The Morgan fingerprint density at radius 1 is 0.765 bits per heavy atom. The molecule has 0 fully saturated rings. The maximum Gasteiger partial charge on any atom is 0.332 e. The minimum Gasteiger partial charge on any atom is -0.187 e. The van der Waals surface area contributed by atoms with Crippen molar-refractivity contribution in [2.24, 2.45) is 0 Å². The second-order valence-electron chi connectivity index (χ2n) is 3.80. The van der Waals surface area contributed by atoms with Crippen LogP contribution in [0.4, 0.5) is 8.78 Å². The minimum absolute atomic E-state index is 0.513. The molecule has 0 aromatic heterocycles. The van der Waals surface area contributed by atoms with Crippen LogP contribution < -0.4 is 0 Å². The molecule has 2 aromatic rings. The molecule has 2 rings (SSSR count). The van der Waals surface area contributed by atoms with Crippen molar-refractivity contribution >= 4 is 11.6 Å². The van der Waals surface area contributed by atoms with Gasteiger partial charge < -0.3 is 0 Å². The van der Waals surface area contributed by atoms with E-state index in [1.807, 2.05) is 0 Å². The molecular formula is C14H11ClF2. The maximum absolute atomic E-state index is 13.5. The third kappa shape index (κ3) is 2.83. The zero-order valence-electron chi connectivity index (χ0n) is 8.98. The molecule has 0 aliphatic rings. The summed E-state index contributed by atoms with van der Waals surface area (Å²) >= 11 is 5.23. The molecule has 0 unspecified atom stereocenters. The molecule has 0 radical (unpaired) electrons. The highest BCUT2D eigenvalue weighted by Gasteiger charge is 2.39. The Morgan fingerprint density at radius 3 is 1.41 bits per heavy atom. The van der Waals surface area contributed by atoms with E-state index in [-0.39, 0.29) is 0 Å². The Balaban J connectivity index is 2.48. The van der Waals surface area contributed by atoms with Gasteiger partial charge in [0.2, 0.25) is 0 Å². The average molecular weight is 253 g/mol. The molecule has 3 heteroatoms. The monoisotopic (exact) mass is 252 g/mol. The van der Waals surface area contributed by atoms with Gasteiger partial charge in [-0.2, -0.15) is 8.78 Å². The van der Waals surface area contributed by atoms with Crippen LogP contribution in [0.2, 0.25) is 0 Å². The molecule has 0 aliphatic heterocycles. The van der Waals surface area contributed by atoms with Crippen molar-refractivity contribution in [3.05, 3.63) is 71.8 Å². The largest absolute Gasteiger partial charge is 0.332 e. The predicted molar refractivity (Wildman–Crippen MR) is 65.5 cm³/mol. The fourth-order valence-corrected chi connectivity index (χ4v) is 2.11. The van der Waals surface area contributed by atoms with Gasteiger partial charge in [0.15, 0.2) is 0 Å². The summed E-state index contributed by atoms with van der Waals surface area (Å²) in [5, 5.41) is -3.30. The second-order valence-corrected chi connectivity index (χ2v) is 4.30. The summed E-state index contributed by atoms with van der Waals surface area (Å²) < 4.78 is 27.0. The molecule has 0 N–H and O–H groups in total. The van der Waals surface area contributed by atoms with Gasteiger partial charge in [0.05, 0.1) is 5.92 Å². The van der Waals surface area contributed by atoms with Crippen molar-refractivity contribution in [2.45, 2.75) is 11.3 Å². The van der Waals surface area contributed by atoms with Crippen LogP contribution in [0.1, 0.15) is 17.0 Å². The Bertz CT molecular complexity index is 423. The Morgan fingerprint density at radius 2 is 1.12 bits per heavy atom. The van der Waals surface area contributed by atoms with Gasteiger partial charge in [-0.1, -0.05) is 60.7 Å². The van der Waals surface area contributed by atoms with Gasteiger partial charge in [0.25, 0.3) is 0 Å². The number of hydrogen-bond donors (Lipinski definition) is 0. The zero-order valence-corrected chi connectivity index (χ0v) is 9.74. The van der Waals surface area contributed by atoms with Crippen LogP contribution in [-0.4, -0.2) is 5.38 Å². The number of benzene rings is 2. The molecule has 17 heavy (non-hydrogen) atoms. The molecule has 0 saturated carbocycles. The standard InChI is InChI=1S/C14H11ClF2/c15-14(16,17)13(11-7-3-1-4-8-11)12-9-5-2-6-10-12/h1-10,13H. The van der Waals surface area contributed by atoms with Gasteiger partial charge in [-0.05, 0) is 22.7 Å². The summed E-state index contributed by atoms with van der Waals surface area (Å²) in [6.45, 7) is 0. The van der Waals surface area contributed by atoms with E-state index in [0.717, 1.165) is 0 Å². The van der Waals surface area contributed by atoms with E-state index in [4.69, 9.17) is 11.6 Å². The highest BCUT2D eigenvalue weighted by molar-refractivity contribution is 6.22. The minimum atomic E-state index is -3.30. The molecule has 0 spiro atoms. The molecule has 0 nitrogen and oxygen atoms in total. The molecular weight excluding hydrogens is 242 g/mol. The van der Waals surface area contributed by atoms with E-state index >= 15 is 0 Å². The molecule has 0 bridgehead atoms. The lowest BCUT2D eigenvalue weighted by Gasteiger charge is -2.22. The van der Waals surface area contributed by atoms with Gasteiger partial charge in [-0.3, -0.25) is 0 Å². The summed E-state index contributed by atoms with van der Waals surface area (Å²) in [5.41, 5.74) is 1.03. The highest BCUT2D eigenvalue weighted by atomic mass is 35.5. The van der Waals surface area contributed by atoms with Crippen LogP contribution >= 0.6 is 11.6 Å². The second kappa shape index (κ2) is 4.84. The summed E-state index contributed by atoms with van der Waals surface area (Å²) in [5.74, 6) is -1.12. The van der Waals surface area contributed by atoms with E-state index in [1.165, 1.54) is 0 Å². The van der Waals surface area contributed by atoms with Crippen molar-refractivity contribution in [3.8, 4) is 0 Å². The van der Waals surface area contributed by atoms with Crippen LogP contribution in [0.5, 0.6) is 0 Å². The third-order valence-corrected chi connectivity index (χ3v) is 2.81. The molecule has 0 amide bonds. The SMILES string of the molecule is FC(F)(Cl)C(c1ccccc1)c1ccccc1. The quantitative estimate of drug-likeness (QED) is 0.698. The van der Waals surface area contributed by atoms with Crippen LogP contribution in [-0.2, 0) is 0 Å². The first-order valence-corrected chi connectivity index (χ1v) is 5.63. The van der Waals surface area contributed by atoms with Gasteiger partial charge in [-0.25, -0.2) is 0 Å². The predicted octanol–water partition coefficient (Wildman–Crippen LogP) is 4.65. The Kier molecular flexibility index (Phi) is 3.43. The number of rotatable bonds is 3. The van der Waals surface area contributed by atoms with Crippen molar-refractivity contribution < 1.29 is 8.78 Å². The first-order valence-electron chi connectivity index (χ1n) is 5.25.